The number of rotatable bonds is 7. The van der Waals surface area contributed by atoms with Gasteiger partial charge >= 0.3 is 0 Å². The maximum atomic E-state index is 12.9. The topological polar surface area (TPSA) is 80.8 Å². The zero-order chi connectivity index (χ0) is 23.5. The maximum Gasteiger partial charge on any atom is 0.231 e. The van der Waals surface area contributed by atoms with E-state index in [1.165, 1.54) is 5.56 Å². The third-order valence-corrected chi connectivity index (χ3v) is 7.15. The molecule has 34 heavy (non-hydrogen) atoms. The number of aryl methyl sites for hydroxylation is 2. The SMILES string of the molecule is Cc1ncc2c(c1CNC(=O)Cc1ccsc1)CCN(C(=O)CCc1ccc3c(c1)OCO3)C2. The zero-order valence-electron chi connectivity index (χ0n) is 19.1. The average Bonchev–Trinajstić information content (AvgIpc) is 3.53. The average molecular weight is 478 g/mol. The van der Waals surface area contributed by atoms with Gasteiger partial charge in [0.15, 0.2) is 11.5 Å². The van der Waals surface area contributed by atoms with Crippen LogP contribution in [0.1, 0.15) is 39.9 Å². The molecule has 2 amide bonds. The molecular formula is C26H27N3O4S. The van der Waals surface area contributed by atoms with Crippen molar-refractivity contribution in [3.05, 3.63) is 74.7 Å². The Morgan fingerprint density at radius 1 is 1.18 bits per heavy atom. The molecule has 0 radical (unpaired) electrons. The Bertz CT molecular complexity index is 1210. The Balaban J connectivity index is 1.19. The molecule has 0 fully saturated rings. The van der Waals surface area contributed by atoms with Gasteiger partial charge in [0, 0.05) is 37.9 Å². The van der Waals surface area contributed by atoms with Crippen LogP contribution in [0.4, 0.5) is 0 Å². The summed E-state index contributed by atoms with van der Waals surface area (Å²) in [5, 5.41) is 7.02. The Labute approximate surface area is 202 Å². The van der Waals surface area contributed by atoms with E-state index in [-0.39, 0.29) is 18.6 Å². The van der Waals surface area contributed by atoms with Gasteiger partial charge in [0.2, 0.25) is 18.6 Å². The zero-order valence-corrected chi connectivity index (χ0v) is 20.0. The van der Waals surface area contributed by atoms with Gasteiger partial charge in [-0.25, -0.2) is 0 Å². The van der Waals surface area contributed by atoms with E-state index in [0.717, 1.165) is 45.9 Å². The Morgan fingerprint density at radius 3 is 2.91 bits per heavy atom. The van der Waals surface area contributed by atoms with Crippen molar-refractivity contribution in [2.24, 2.45) is 0 Å². The number of carbonyl (C=O) groups excluding carboxylic acids is 2. The van der Waals surface area contributed by atoms with E-state index >= 15 is 0 Å². The quantitative estimate of drug-likeness (QED) is 0.563. The third kappa shape index (κ3) is 4.92. The number of fused-ring (bicyclic) bond motifs is 2. The van der Waals surface area contributed by atoms with Gasteiger partial charge in [0.1, 0.15) is 0 Å². The van der Waals surface area contributed by atoms with Crippen molar-refractivity contribution in [3.63, 3.8) is 0 Å². The Morgan fingerprint density at radius 2 is 2.06 bits per heavy atom. The molecule has 0 unspecified atom stereocenters. The number of carbonyl (C=O) groups is 2. The first-order valence-corrected chi connectivity index (χ1v) is 12.4. The van der Waals surface area contributed by atoms with E-state index in [4.69, 9.17) is 9.47 Å². The maximum absolute atomic E-state index is 12.9. The van der Waals surface area contributed by atoms with Crippen LogP contribution in [0.5, 0.6) is 11.5 Å². The summed E-state index contributed by atoms with van der Waals surface area (Å²) in [5.41, 5.74) is 6.37. The molecule has 176 valence electrons. The molecule has 7 nitrogen and oxygen atoms in total. The van der Waals surface area contributed by atoms with E-state index in [9.17, 15) is 9.59 Å². The van der Waals surface area contributed by atoms with Gasteiger partial charge in [-0.2, -0.15) is 11.3 Å². The summed E-state index contributed by atoms with van der Waals surface area (Å²) in [4.78, 5) is 31.7. The first kappa shape index (κ1) is 22.4. The van der Waals surface area contributed by atoms with Crippen molar-refractivity contribution in [1.29, 1.82) is 0 Å². The van der Waals surface area contributed by atoms with Crippen molar-refractivity contribution < 1.29 is 19.1 Å². The fourth-order valence-corrected chi connectivity index (χ4v) is 5.17. The van der Waals surface area contributed by atoms with Crippen LogP contribution < -0.4 is 14.8 Å². The van der Waals surface area contributed by atoms with Gasteiger partial charge in [-0.05, 0) is 76.5 Å². The van der Waals surface area contributed by atoms with Crippen molar-refractivity contribution in [2.75, 3.05) is 13.3 Å². The molecule has 4 heterocycles. The third-order valence-electron chi connectivity index (χ3n) is 6.42. The van der Waals surface area contributed by atoms with E-state index in [2.05, 4.69) is 10.3 Å². The normalized spacial score (nSPS) is 14.1. The lowest BCUT2D eigenvalue weighted by Crippen LogP contribution is -2.37. The highest BCUT2D eigenvalue weighted by Crippen LogP contribution is 2.33. The summed E-state index contributed by atoms with van der Waals surface area (Å²) in [6, 6.07) is 7.80. The lowest BCUT2D eigenvalue weighted by atomic mass is 9.94. The summed E-state index contributed by atoms with van der Waals surface area (Å²) in [6.45, 7) is 3.91. The second-order valence-electron chi connectivity index (χ2n) is 8.66. The number of amides is 2. The summed E-state index contributed by atoms with van der Waals surface area (Å²) < 4.78 is 10.8. The van der Waals surface area contributed by atoms with E-state index in [1.807, 2.05) is 53.0 Å². The van der Waals surface area contributed by atoms with Crippen LogP contribution >= 0.6 is 11.3 Å². The molecule has 0 spiro atoms. The number of hydrogen-bond donors (Lipinski definition) is 1. The minimum atomic E-state index is 0.00605. The van der Waals surface area contributed by atoms with Crippen molar-refractivity contribution >= 4 is 23.2 Å². The minimum Gasteiger partial charge on any atom is -0.454 e. The number of hydrogen-bond acceptors (Lipinski definition) is 6. The molecule has 0 bridgehead atoms. The van der Waals surface area contributed by atoms with Gasteiger partial charge < -0.3 is 19.7 Å². The number of aromatic nitrogens is 1. The van der Waals surface area contributed by atoms with Crippen LogP contribution in [0, 0.1) is 6.92 Å². The standard InChI is InChI=1S/C26H27N3O4S/c1-17-22(13-28-25(30)11-19-7-9-34-15-19)21-6-8-29(14-20(21)12-27-17)26(31)5-3-18-2-4-23-24(10-18)33-16-32-23/h2,4,7,9-10,12,15H,3,5-6,8,11,13-14,16H2,1H3,(H,28,30). The van der Waals surface area contributed by atoms with E-state index in [1.54, 1.807) is 11.3 Å². The Kier molecular flexibility index (Phi) is 6.49. The van der Waals surface area contributed by atoms with Crippen LogP contribution in [0.3, 0.4) is 0 Å². The van der Waals surface area contributed by atoms with Crippen molar-refractivity contribution in [3.8, 4) is 11.5 Å². The molecule has 0 saturated heterocycles. The molecule has 3 aromatic rings. The fraction of sp³-hybridized carbons (Fsp3) is 0.346. The highest BCUT2D eigenvalue weighted by molar-refractivity contribution is 7.08. The summed E-state index contributed by atoms with van der Waals surface area (Å²) in [5.74, 6) is 1.64. The van der Waals surface area contributed by atoms with Gasteiger partial charge in [-0.15, -0.1) is 0 Å². The highest BCUT2D eigenvalue weighted by Gasteiger charge is 2.24. The molecule has 1 aromatic carbocycles. The predicted molar refractivity (Wildman–Crippen MR) is 129 cm³/mol. The molecule has 2 aromatic heterocycles. The molecule has 8 heteroatoms. The first-order valence-electron chi connectivity index (χ1n) is 11.5. The molecular weight excluding hydrogens is 450 g/mol. The fourth-order valence-electron chi connectivity index (χ4n) is 4.50. The van der Waals surface area contributed by atoms with Gasteiger partial charge in [-0.3, -0.25) is 14.6 Å². The van der Waals surface area contributed by atoms with E-state index < -0.39 is 0 Å². The molecule has 2 aliphatic heterocycles. The van der Waals surface area contributed by atoms with Crippen molar-refractivity contribution in [1.82, 2.24) is 15.2 Å². The molecule has 2 aliphatic rings. The number of thiophene rings is 1. The van der Waals surface area contributed by atoms with Crippen LogP contribution in [-0.4, -0.2) is 35.0 Å². The van der Waals surface area contributed by atoms with Gasteiger partial charge in [-0.1, -0.05) is 6.07 Å². The largest absolute Gasteiger partial charge is 0.454 e. The molecule has 0 aliphatic carbocycles. The second kappa shape index (κ2) is 9.85. The van der Waals surface area contributed by atoms with Gasteiger partial charge in [0.05, 0.1) is 6.42 Å². The van der Waals surface area contributed by atoms with Crippen LogP contribution in [0.25, 0.3) is 0 Å². The summed E-state index contributed by atoms with van der Waals surface area (Å²) in [6.07, 6.45) is 4.13. The van der Waals surface area contributed by atoms with Gasteiger partial charge in [0.25, 0.3) is 0 Å². The van der Waals surface area contributed by atoms with Crippen molar-refractivity contribution in [2.45, 2.75) is 45.7 Å². The summed E-state index contributed by atoms with van der Waals surface area (Å²) in [7, 11) is 0. The molecule has 5 rings (SSSR count). The number of nitrogens with zero attached hydrogens (tertiary/aromatic N) is 2. The predicted octanol–water partition coefficient (Wildman–Crippen LogP) is 3.56. The second-order valence-corrected chi connectivity index (χ2v) is 9.44. The lowest BCUT2D eigenvalue weighted by Gasteiger charge is -2.30. The van der Waals surface area contributed by atoms with Crippen LogP contribution in [0.2, 0.25) is 0 Å². The molecule has 0 saturated carbocycles. The lowest BCUT2D eigenvalue weighted by molar-refractivity contribution is -0.132. The monoisotopic (exact) mass is 477 g/mol. The smallest absolute Gasteiger partial charge is 0.231 e. The summed E-state index contributed by atoms with van der Waals surface area (Å²) >= 11 is 1.59. The molecule has 1 N–H and O–H groups in total. The van der Waals surface area contributed by atoms with Crippen LogP contribution in [0.15, 0.2) is 41.2 Å². The number of benzene rings is 1. The number of pyridine rings is 1. The Hall–Kier alpha value is -3.39. The minimum absolute atomic E-state index is 0.00605. The highest BCUT2D eigenvalue weighted by atomic mass is 32.1. The van der Waals surface area contributed by atoms with Crippen LogP contribution in [-0.2, 0) is 41.9 Å². The first-order chi connectivity index (χ1) is 16.6. The molecule has 0 atom stereocenters. The number of ether oxygens (including phenoxy) is 2. The van der Waals surface area contributed by atoms with E-state index in [0.29, 0.717) is 38.9 Å². The number of nitrogens with one attached hydrogen (secondary N) is 1.